The summed E-state index contributed by atoms with van der Waals surface area (Å²) in [5, 5.41) is 3.80. The third-order valence-corrected chi connectivity index (χ3v) is 5.64. The Kier molecular flexibility index (Phi) is 4.85. The molecule has 1 N–H and O–H groups in total. The van der Waals surface area contributed by atoms with Gasteiger partial charge in [-0.25, -0.2) is 4.39 Å². The zero-order chi connectivity index (χ0) is 17.8. The van der Waals surface area contributed by atoms with Crippen LogP contribution in [0.2, 0.25) is 0 Å². The summed E-state index contributed by atoms with van der Waals surface area (Å²) in [4.78, 5) is 0. The van der Waals surface area contributed by atoms with Gasteiger partial charge in [0.1, 0.15) is 5.82 Å². The van der Waals surface area contributed by atoms with E-state index in [4.69, 9.17) is 0 Å². The van der Waals surface area contributed by atoms with Gasteiger partial charge in [-0.2, -0.15) is 0 Å². The topological polar surface area (TPSA) is 12.0 Å². The van der Waals surface area contributed by atoms with Crippen molar-refractivity contribution >= 4 is 0 Å². The molecular weight excluding hydrogens is 321 g/mol. The Bertz CT molecular complexity index is 829. The molecule has 1 aliphatic heterocycles. The van der Waals surface area contributed by atoms with Gasteiger partial charge in [-0.3, -0.25) is 0 Å². The van der Waals surface area contributed by atoms with Crippen molar-refractivity contribution in [2.75, 3.05) is 6.54 Å². The smallest absolute Gasteiger partial charge is 0.123 e. The fourth-order valence-corrected chi connectivity index (χ4v) is 4.35. The van der Waals surface area contributed by atoms with Crippen LogP contribution in [-0.2, 0) is 18.4 Å². The van der Waals surface area contributed by atoms with Crippen molar-refractivity contribution in [1.82, 2.24) is 5.32 Å². The molecule has 0 amide bonds. The molecule has 4 rings (SSSR count). The van der Waals surface area contributed by atoms with E-state index in [1.165, 1.54) is 16.7 Å². The Morgan fingerprint density at radius 2 is 1.42 bits per heavy atom. The van der Waals surface area contributed by atoms with Crippen LogP contribution < -0.4 is 5.32 Å². The monoisotopic (exact) mass is 345 g/mol. The fraction of sp³-hybridized carbons (Fsp3) is 0.250. The molecular formula is C24H24FN. The Balaban J connectivity index is 1.72. The van der Waals surface area contributed by atoms with Crippen LogP contribution in [0.4, 0.5) is 4.39 Å². The minimum absolute atomic E-state index is 0.162. The molecule has 3 aromatic rings. The lowest BCUT2D eigenvalue weighted by Crippen LogP contribution is -2.44. The van der Waals surface area contributed by atoms with Gasteiger partial charge in [0, 0.05) is 0 Å². The zero-order valence-electron chi connectivity index (χ0n) is 14.9. The van der Waals surface area contributed by atoms with E-state index >= 15 is 0 Å². The predicted molar refractivity (Wildman–Crippen MR) is 104 cm³/mol. The number of hydrogen-bond donors (Lipinski definition) is 1. The highest BCUT2D eigenvalue weighted by Gasteiger charge is 2.43. The molecule has 2 unspecified atom stereocenters. The van der Waals surface area contributed by atoms with Crippen LogP contribution in [0.5, 0.6) is 0 Å². The predicted octanol–water partition coefficient (Wildman–Crippen LogP) is 5.12. The van der Waals surface area contributed by atoms with Crippen LogP contribution in [0, 0.1) is 11.7 Å². The van der Waals surface area contributed by atoms with Crippen molar-refractivity contribution in [3.63, 3.8) is 0 Å². The molecule has 1 fully saturated rings. The maximum atomic E-state index is 13.5. The second-order valence-corrected chi connectivity index (χ2v) is 7.24. The van der Waals surface area contributed by atoms with E-state index in [1.54, 1.807) is 12.1 Å². The molecule has 1 saturated heterocycles. The Morgan fingerprint density at radius 1 is 0.808 bits per heavy atom. The highest BCUT2D eigenvalue weighted by molar-refractivity contribution is 5.33. The standard InChI is InChI=1S/C24H24FN/c25-23-13-11-21(12-14-23)24(18-20-9-5-2-6-10-20)22(15-16-26-24)17-19-7-3-1-4-8-19/h1-14,22,26H,15-18H2. The van der Waals surface area contributed by atoms with Crippen molar-refractivity contribution in [2.24, 2.45) is 5.92 Å². The minimum Gasteiger partial charge on any atom is -0.307 e. The first-order valence-electron chi connectivity index (χ1n) is 9.35. The van der Waals surface area contributed by atoms with Gasteiger partial charge in [0.05, 0.1) is 5.54 Å². The molecule has 26 heavy (non-hydrogen) atoms. The van der Waals surface area contributed by atoms with Crippen molar-refractivity contribution in [3.8, 4) is 0 Å². The SMILES string of the molecule is Fc1ccc(C2(Cc3ccccc3)NCCC2Cc2ccccc2)cc1. The quantitative estimate of drug-likeness (QED) is 0.677. The highest BCUT2D eigenvalue weighted by atomic mass is 19.1. The second kappa shape index (κ2) is 7.43. The van der Waals surface area contributed by atoms with Gasteiger partial charge in [-0.05, 0) is 60.5 Å². The maximum Gasteiger partial charge on any atom is 0.123 e. The van der Waals surface area contributed by atoms with Crippen LogP contribution in [0.1, 0.15) is 23.1 Å². The first-order chi connectivity index (χ1) is 12.8. The average molecular weight is 345 g/mol. The second-order valence-electron chi connectivity index (χ2n) is 7.24. The molecule has 0 radical (unpaired) electrons. The number of nitrogens with one attached hydrogen (secondary N) is 1. The Labute approximate surface area is 154 Å². The molecule has 0 aromatic heterocycles. The van der Waals surface area contributed by atoms with Crippen LogP contribution >= 0.6 is 0 Å². The minimum atomic E-state index is -0.179. The van der Waals surface area contributed by atoms with E-state index in [9.17, 15) is 4.39 Å². The molecule has 1 nitrogen and oxygen atoms in total. The lowest BCUT2D eigenvalue weighted by Gasteiger charge is -2.37. The summed E-state index contributed by atoms with van der Waals surface area (Å²) in [7, 11) is 0. The summed E-state index contributed by atoms with van der Waals surface area (Å²) in [5.41, 5.74) is 3.69. The molecule has 0 spiro atoms. The summed E-state index contributed by atoms with van der Waals surface area (Å²) in [5.74, 6) is 0.289. The number of hydrogen-bond acceptors (Lipinski definition) is 1. The van der Waals surface area contributed by atoms with Crippen LogP contribution in [-0.4, -0.2) is 6.54 Å². The normalized spacial score (nSPS) is 22.4. The zero-order valence-corrected chi connectivity index (χ0v) is 14.9. The van der Waals surface area contributed by atoms with Gasteiger partial charge in [0.25, 0.3) is 0 Å². The van der Waals surface area contributed by atoms with Crippen molar-refractivity contribution in [3.05, 3.63) is 107 Å². The third kappa shape index (κ3) is 3.42. The van der Waals surface area contributed by atoms with E-state index < -0.39 is 0 Å². The van der Waals surface area contributed by atoms with Gasteiger partial charge in [-0.1, -0.05) is 72.8 Å². The third-order valence-electron chi connectivity index (χ3n) is 5.64. The van der Waals surface area contributed by atoms with Gasteiger partial charge < -0.3 is 5.32 Å². The van der Waals surface area contributed by atoms with Gasteiger partial charge in [0.15, 0.2) is 0 Å². The van der Waals surface area contributed by atoms with Gasteiger partial charge >= 0.3 is 0 Å². The highest BCUT2D eigenvalue weighted by Crippen LogP contribution is 2.41. The number of rotatable bonds is 5. The fourth-order valence-electron chi connectivity index (χ4n) is 4.35. The molecule has 132 valence electrons. The summed E-state index contributed by atoms with van der Waals surface area (Å²) in [6, 6.07) is 28.4. The first kappa shape index (κ1) is 17.0. The number of halogens is 1. The van der Waals surface area contributed by atoms with Gasteiger partial charge in [-0.15, -0.1) is 0 Å². The van der Waals surface area contributed by atoms with E-state index in [0.29, 0.717) is 5.92 Å². The summed E-state index contributed by atoms with van der Waals surface area (Å²) in [6.45, 7) is 0.988. The average Bonchev–Trinajstić information content (AvgIpc) is 3.07. The van der Waals surface area contributed by atoms with Crippen LogP contribution in [0.3, 0.4) is 0 Å². The first-order valence-corrected chi connectivity index (χ1v) is 9.35. The van der Waals surface area contributed by atoms with Crippen molar-refractivity contribution < 1.29 is 4.39 Å². The van der Waals surface area contributed by atoms with E-state index in [1.807, 2.05) is 12.1 Å². The molecule has 0 saturated carbocycles. The summed E-state index contributed by atoms with van der Waals surface area (Å²) < 4.78 is 13.5. The number of benzene rings is 3. The lowest BCUT2D eigenvalue weighted by atomic mass is 9.73. The largest absolute Gasteiger partial charge is 0.307 e. The molecule has 2 atom stereocenters. The maximum absolute atomic E-state index is 13.5. The van der Waals surface area contributed by atoms with Crippen LogP contribution in [0.15, 0.2) is 84.9 Å². The van der Waals surface area contributed by atoms with Gasteiger partial charge in [0.2, 0.25) is 0 Å². The Morgan fingerprint density at radius 3 is 2.08 bits per heavy atom. The lowest BCUT2D eigenvalue weighted by molar-refractivity contribution is 0.276. The van der Waals surface area contributed by atoms with E-state index in [0.717, 1.165) is 25.8 Å². The Hall–Kier alpha value is -2.45. The van der Waals surface area contributed by atoms with Crippen molar-refractivity contribution in [1.29, 1.82) is 0 Å². The van der Waals surface area contributed by atoms with Crippen molar-refractivity contribution in [2.45, 2.75) is 24.8 Å². The van der Waals surface area contributed by atoms with E-state index in [2.05, 4.69) is 66.0 Å². The summed E-state index contributed by atoms with van der Waals surface area (Å²) in [6.07, 6.45) is 3.06. The molecule has 2 heteroatoms. The molecule has 3 aromatic carbocycles. The molecule has 1 aliphatic rings. The van der Waals surface area contributed by atoms with Crippen LogP contribution in [0.25, 0.3) is 0 Å². The molecule has 0 aliphatic carbocycles. The molecule has 0 bridgehead atoms. The summed E-state index contributed by atoms with van der Waals surface area (Å²) >= 11 is 0. The van der Waals surface area contributed by atoms with E-state index in [-0.39, 0.29) is 11.4 Å². The molecule has 1 heterocycles.